The van der Waals surface area contributed by atoms with Crippen molar-refractivity contribution in [3.63, 3.8) is 0 Å². The minimum atomic E-state index is 0. The summed E-state index contributed by atoms with van der Waals surface area (Å²) in [5.41, 5.74) is 1.13. The Morgan fingerprint density at radius 1 is 1.39 bits per heavy atom. The first-order valence-corrected chi connectivity index (χ1v) is 6.27. The van der Waals surface area contributed by atoms with Gasteiger partial charge in [-0.15, -0.1) is 12.4 Å². The van der Waals surface area contributed by atoms with Crippen LogP contribution in [0.4, 0.5) is 0 Å². The fraction of sp³-hybridized carbons (Fsp3) is 0.462. The number of amides is 1. The van der Waals surface area contributed by atoms with E-state index in [0.29, 0.717) is 19.1 Å². The molecule has 0 unspecified atom stereocenters. The summed E-state index contributed by atoms with van der Waals surface area (Å²) >= 11 is 5.84. The molecule has 1 N–H and O–H groups in total. The molecule has 100 valence electrons. The van der Waals surface area contributed by atoms with Gasteiger partial charge in [-0.25, -0.2) is 0 Å². The number of halogens is 2. The zero-order chi connectivity index (χ0) is 12.3. The van der Waals surface area contributed by atoms with Crippen molar-refractivity contribution in [3.05, 3.63) is 34.9 Å². The van der Waals surface area contributed by atoms with Crippen LogP contribution >= 0.6 is 24.0 Å². The third-order valence-corrected chi connectivity index (χ3v) is 3.15. The van der Waals surface area contributed by atoms with E-state index in [1.54, 1.807) is 7.05 Å². The van der Waals surface area contributed by atoms with Crippen molar-refractivity contribution < 1.29 is 4.79 Å². The van der Waals surface area contributed by atoms with Crippen molar-refractivity contribution in [2.45, 2.75) is 25.4 Å². The maximum atomic E-state index is 11.9. The number of nitrogens with one attached hydrogen (secondary N) is 1. The normalized spacial score (nSPS) is 13.9. The molecular formula is C13H18Cl2N2O. The summed E-state index contributed by atoms with van der Waals surface area (Å²) in [5, 5.41) is 3.64. The minimum absolute atomic E-state index is 0. The molecule has 0 aliphatic heterocycles. The molecule has 1 aromatic carbocycles. The molecule has 1 aliphatic rings. The van der Waals surface area contributed by atoms with Gasteiger partial charge < -0.3 is 10.2 Å². The number of benzene rings is 1. The summed E-state index contributed by atoms with van der Waals surface area (Å²) in [6.07, 6.45) is 2.26. The molecule has 1 aliphatic carbocycles. The second kappa shape index (κ2) is 6.98. The SMILES string of the molecule is CNCC(=O)N(Cc1ccc(Cl)cc1)C1CC1.Cl. The lowest BCUT2D eigenvalue weighted by Gasteiger charge is -2.22. The third-order valence-electron chi connectivity index (χ3n) is 2.90. The number of nitrogens with zero attached hydrogens (tertiary/aromatic N) is 1. The van der Waals surface area contributed by atoms with Crippen LogP contribution in [-0.4, -0.2) is 30.4 Å². The molecule has 1 aromatic rings. The predicted molar refractivity (Wildman–Crippen MR) is 76.2 cm³/mol. The van der Waals surface area contributed by atoms with Crippen LogP contribution in [0, 0.1) is 0 Å². The second-order valence-corrected chi connectivity index (χ2v) is 4.85. The van der Waals surface area contributed by atoms with Gasteiger partial charge in [-0.05, 0) is 37.6 Å². The van der Waals surface area contributed by atoms with E-state index in [0.717, 1.165) is 23.4 Å². The molecule has 0 heterocycles. The van der Waals surface area contributed by atoms with Gasteiger partial charge in [0.15, 0.2) is 0 Å². The van der Waals surface area contributed by atoms with Crippen LogP contribution < -0.4 is 5.32 Å². The Hall–Kier alpha value is -0.770. The monoisotopic (exact) mass is 288 g/mol. The summed E-state index contributed by atoms with van der Waals surface area (Å²) in [7, 11) is 1.80. The van der Waals surface area contributed by atoms with Gasteiger partial charge in [0.25, 0.3) is 0 Å². The number of carbonyl (C=O) groups excluding carboxylic acids is 1. The highest BCUT2D eigenvalue weighted by molar-refractivity contribution is 6.30. The van der Waals surface area contributed by atoms with Gasteiger partial charge in [0.1, 0.15) is 0 Å². The Labute approximate surface area is 119 Å². The molecule has 0 bridgehead atoms. The van der Waals surface area contributed by atoms with Crippen LogP contribution in [0.5, 0.6) is 0 Å². The quantitative estimate of drug-likeness (QED) is 0.903. The highest BCUT2D eigenvalue weighted by atomic mass is 35.5. The molecule has 0 spiro atoms. The predicted octanol–water partition coefficient (Wildman–Crippen LogP) is 2.47. The van der Waals surface area contributed by atoms with E-state index in [1.165, 1.54) is 0 Å². The van der Waals surface area contributed by atoms with Gasteiger partial charge in [-0.3, -0.25) is 4.79 Å². The maximum absolute atomic E-state index is 11.9. The summed E-state index contributed by atoms with van der Waals surface area (Å²) < 4.78 is 0. The lowest BCUT2D eigenvalue weighted by Crippen LogP contribution is -2.38. The first kappa shape index (κ1) is 15.3. The molecule has 3 nitrogen and oxygen atoms in total. The first-order chi connectivity index (χ1) is 8.20. The number of likely N-dealkylation sites (N-methyl/N-ethyl adjacent to an activating group) is 1. The summed E-state index contributed by atoms with van der Waals surface area (Å²) in [5.74, 6) is 0.171. The smallest absolute Gasteiger partial charge is 0.237 e. The Morgan fingerprint density at radius 3 is 2.50 bits per heavy atom. The molecule has 1 amide bonds. The van der Waals surface area contributed by atoms with Crippen LogP contribution in [0.2, 0.25) is 5.02 Å². The molecule has 2 rings (SSSR count). The molecular weight excluding hydrogens is 271 g/mol. The largest absolute Gasteiger partial charge is 0.334 e. The van der Waals surface area contributed by atoms with Crippen molar-refractivity contribution in [1.82, 2.24) is 10.2 Å². The van der Waals surface area contributed by atoms with E-state index >= 15 is 0 Å². The van der Waals surface area contributed by atoms with Crippen LogP contribution in [0.3, 0.4) is 0 Å². The van der Waals surface area contributed by atoms with E-state index in [-0.39, 0.29) is 18.3 Å². The van der Waals surface area contributed by atoms with Crippen molar-refractivity contribution in [3.8, 4) is 0 Å². The number of hydrogen-bond donors (Lipinski definition) is 1. The number of rotatable bonds is 5. The Bertz CT molecular complexity index is 390. The lowest BCUT2D eigenvalue weighted by molar-refractivity contribution is -0.131. The first-order valence-electron chi connectivity index (χ1n) is 5.89. The standard InChI is InChI=1S/C13H17ClN2O.ClH/c1-15-8-13(17)16(12-6-7-12)9-10-2-4-11(14)5-3-10;/h2-5,12,15H,6-9H2,1H3;1H. The van der Waals surface area contributed by atoms with Crippen molar-refractivity contribution in [2.24, 2.45) is 0 Å². The van der Waals surface area contributed by atoms with Gasteiger partial charge in [-0.1, -0.05) is 23.7 Å². The summed E-state index contributed by atoms with van der Waals surface area (Å²) in [6.45, 7) is 1.09. The summed E-state index contributed by atoms with van der Waals surface area (Å²) in [6, 6.07) is 8.12. The van der Waals surface area contributed by atoms with E-state index < -0.39 is 0 Å². The van der Waals surface area contributed by atoms with Gasteiger partial charge in [-0.2, -0.15) is 0 Å². The van der Waals surface area contributed by atoms with Crippen LogP contribution in [0.25, 0.3) is 0 Å². The van der Waals surface area contributed by atoms with E-state index in [4.69, 9.17) is 11.6 Å². The van der Waals surface area contributed by atoms with Crippen LogP contribution in [0.15, 0.2) is 24.3 Å². The Balaban J connectivity index is 0.00000162. The minimum Gasteiger partial charge on any atom is -0.334 e. The second-order valence-electron chi connectivity index (χ2n) is 4.41. The fourth-order valence-corrected chi connectivity index (χ4v) is 1.97. The molecule has 0 aromatic heterocycles. The van der Waals surface area contributed by atoms with Gasteiger partial charge >= 0.3 is 0 Å². The number of hydrogen-bond acceptors (Lipinski definition) is 2. The molecule has 18 heavy (non-hydrogen) atoms. The van der Waals surface area contributed by atoms with Crippen molar-refractivity contribution >= 4 is 29.9 Å². The summed E-state index contributed by atoms with van der Waals surface area (Å²) in [4.78, 5) is 13.9. The molecule has 0 saturated heterocycles. The topological polar surface area (TPSA) is 32.3 Å². The molecule has 1 fully saturated rings. The van der Waals surface area contributed by atoms with Crippen molar-refractivity contribution in [2.75, 3.05) is 13.6 Å². The maximum Gasteiger partial charge on any atom is 0.237 e. The zero-order valence-electron chi connectivity index (χ0n) is 10.4. The Morgan fingerprint density at radius 2 is 2.00 bits per heavy atom. The van der Waals surface area contributed by atoms with Crippen LogP contribution in [-0.2, 0) is 11.3 Å². The molecule has 1 saturated carbocycles. The van der Waals surface area contributed by atoms with Gasteiger partial charge in [0.05, 0.1) is 6.54 Å². The lowest BCUT2D eigenvalue weighted by atomic mass is 10.2. The average Bonchev–Trinajstić information content (AvgIpc) is 3.12. The van der Waals surface area contributed by atoms with Crippen LogP contribution in [0.1, 0.15) is 18.4 Å². The zero-order valence-corrected chi connectivity index (χ0v) is 11.9. The number of carbonyl (C=O) groups is 1. The van der Waals surface area contributed by atoms with E-state index in [2.05, 4.69) is 5.32 Å². The average molecular weight is 289 g/mol. The molecule has 0 atom stereocenters. The highest BCUT2D eigenvalue weighted by Crippen LogP contribution is 2.28. The van der Waals surface area contributed by atoms with Gasteiger partial charge in [0, 0.05) is 17.6 Å². The van der Waals surface area contributed by atoms with Gasteiger partial charge in [0.2, 0.25) is 5.91 Å². The Kier molecular flexibility index (Phi) is 5.93. The fourth-order valence-electron chi connectivity index (χ4n) is 1.85. The third kappa shape index (κ3) is 4.16. The molecule has 5 heteroatoms. The van der Waals surface area contributed by atoms with Crippen molar-refractivity contribution in [1.29, 1.82) is 0 Å². The van der Waals surface area contributed by atoms with E-state index in [1.807, 2.05) is 29.2 Å². The van der Waals surface area contributed by atoms with E-state index in [9.17, 15) is 4.79 Å². The highest BCUT2D eigenvalue weighted by Gasteiger charge is 2.31. The molecule has 0 radical (unpaired) electrons.